The molecule has 1 atom stereocenters. The number of nitriles is 1. The highest BCUT2D eigenvalue weighted by Gasteiger charge is 2.37. The maximum Gasteiger partial charge on any atom is 0.134 e. The molecule has 1 aromatic rings. The number of hydrogen-bond donors (Lipinski definition) is 1. The molecule has 108 valence electrons. The largest absolute Gasteiger partial charge is 0.381 e. The molecule has 1 fully saturated rings. The summed E-state index contributed by atoms with van der Waals surface area (Å²) < 4.78 is 5.68. The monoisotopic (exact) mass is 272 g/mol. The summed E-state index contributed by atoms with van der Waals surface area (Å²) in [4.78, 5) is 0. The van der Waals surface area contributed by atoms with Crippen LogP contribution in [0.3, 0.4) is 0 Å². The van der Waals surface area contributed by atoms with Crippen molar-refractivity contribution in [1.82, 2.24) is 5.32 Å². The zero-order valence-electron chi connectivity index (χ0n) is 12.4. The van der Waals surface area contributed by atoms with Gasteiger partial charge in [-0.1, -0.05) is 44.2 Å². The van der Waals surface area contributed by atoms with Crippen molar-refractivity contribution in [3.8, 4) is 6.07 Å². The number of hydrogen-bond acceptors (Lipinski definition) is 3. The molecule has 1 aliphatic rings. The fraction of sp³-hybridized carbons (Fsp3) is 0.588. The van der Waals surface area contributed by atoms with Gasteiger partial charge in [-0.05, 0) is 24.3 Å². The van der Waals surface area contributed by atoms with Crippen LogP contribution in [-0.4, -0.2) is 19.3 Å². The standard InChI is InChI=1S/C17H24N2O/c1-14(2)12-20-11-10-17(13-18,19-16-8-9-16)15-6-4-3-5-7-15/h3-7,14,16,19H,8-12H2,1-2H3. The van der Waals surface area contributed by atoms with Gasteiger partial charge < -0.3 is 4.74 Å². The summed E-state index contributed by atoms with van der Waals surface area (Å²) in [6, 6.07) is 13.0. The summed E-state index contributed by atoms with van der Waals surface area (Å²) >= 11 is 0. The summed E-state index contributed by atoms with van der Waals surface area (Å²) in [6.45, 7) is 5.63. The van der Waals surface area contributed by atoms with Crippen molar-refractivity contribution < 1.29 is 4.74 Å². The van der Waals surface area contributed by atoms with Crippen LogP contribution in [-0.2, 0) is 10.3 Å². The summed E-state index contributed by atoms with van der Waals surface area (Å²) in [5, 5.41) is 13.3. The van der Waals surface area contributed by atoms with E-state index in [1.54, 1.807) is 0 Å². The second-order valence-electron chi connectivity index (χ2n) is 6.02. The Kier molecular flexibility index (Phi) is 5.17. The van der Waals surface area contributed by atoms with Crippen LogP contribution in [0.15, 0.2) is 30.3 Å². The fourth-order valence-electron chi connectivity index (χ4n) is 2.30. The van der Waals surface area contributed by atoms with Gasteiger partial charge in [-0.15, -0.1) is 0 Å². The quantitative estimate of drug-likeness (QED) is 0.739. The minimum atomic E-state index is -0.612. The molecule has 0 radical (unpaired) electrons. The molecule has 1 saturated carbocycles. The Morgan fingerprint density at radius 3 is 2.60 bits per heavy atom. The van der Waals surface area contributed by atoms with Crippen LogP contribution >= 0.6 is 0 Å². The molecule has 1 aliphatic carbocycles. The summed E-state index contributed by atoms with van der Waals surface area (Å²) in [5.74, 6) is 0.527. The maximum absolute atomic E-state index is 9.75. The van der Waals surface area contributed by atoms with Gasteiger partial charge in [0.1, 0.15) is 5.54 Å². The van der Waals surface area contributed by atoms with Crippen molar-refractivity contribution in [3.63, 3.8) is 0 Å². The molecule has 0 aliphatic heterocycles. The molecule has 0 bridgehead atoms. The smallest absolute Gasteiger partial charge is 0.134 e. The Morgan fingerprint density at radius 2 is 2.05 bits per heavy atom. The topological polar surface area (TPSA) is 45.0 Å². The zero-order chi connectivity index (χ0) is 14.4. The highest BCUT2D eigenvalue weighted by atomic mass is 16.5. The van der Waals surface area contributed by atoms with Gasteiger partial charge in [-0.25, -0.2) is 0 Å². The molecule has 1 aromatic carbocycles. The third-order valence-corrected chi connectivity index (χ3v) is 3.56. The number of ether oxygens (including phenoxy) is 1. The van der Waals surface area contributed by atoms with E-state index in [9.17, 15) is 5.26 Å². The van der Waals surface area contributed by atoms with Crippen LogP contribution in [0.2, 0.25) is 0 Å². The first-order chi connectivity index (χ1) is 9.66. The first kappa shape index (κ1) is 15.0. The Hall–Kier alpha value is -1.37. The fourth-order valence-corrected chi connectivity index (χ4v) is 2.30. The van der Waals surface area contributed by atoms with E-state index in [-0.39, 0.29) is 0 Å². The van der Waals surface area contributed by atoms with Crippen LogP contribution in [0, 0.1) is 17.2 Å². The minimum absolute atomic E-state index is 0.486. The lowest BCUT2D eigenvalue weighted by Crippen LogP contribution is -2.43. The Morgan fingerprint density at radius 1 is 1.35 bits per heavy atom. The lowest BCUT2D eigenvalue weighted by Gasteiger charge is -2.29. The van der Waals surface area contributed by atoms with Gasteiger partial charge in [0.2, 0.25) is 0 Å². The van der Waals surface area contributed by atoms with Crippen LogP contribution in [0.5, 0.6) is 0 Å². The van der Waals surface area contributed by atoms with Gasteiger partial charge in [-0.3, -0.25) is 5.32 Å². The molecular weight excluding hydrogens is 248 g/mol. The first-order valence-electron chi connectivity index (χ1n) is 7.48. The van der Waals surface area contributed by atoms with E-state index in [0.717, 1.165) is 12.2 Å². The predicted octanol–water partition coefficient (Wildman–Crippen LogP) is 3.22. The molecular formula is C17H24N2O. The molecule has 1 unspecified atom stereocenters. The highest BCUT2D eigenvalue weighted by Crippen LogP contribution is 2.31. The lowest BCUT2D eigenvalue weighted by molar-refractivity contribution is 0.0940. The maximum atomic E-state index is 9.75. The molecule has 0 aromatic heterocycles. The Bertz CT molecular complexity index is 448. The van der Waals surface area contributed by atoms with Gasteiger partial charge in [-0.2, -0.15) is 5.26 Å². The average Bonchev–Trinajstić information content (AvgIpc) is 3.27. The Labute approximate surface area is 121 Å². The van der Waals surface area contributed by atoms with Crippen molar-refractivity contribution in [2.75, 3.05) is 13.2 Å². The van der Waals surface area contributed by atoms with Crippen LogP contribution in [0.1, 0.15) is 38.7 Å². The van der Waals surface area contributed by atoms with Crippen LogP contribution in [0.4, 0.5) is 0 Å². The minimum Gasteiger partial charge on any atom is -0.381 e. The second-order valence-corrected chi connectivity index (χ2v) is 6.02. The molecule has 3 nitrogen and oxygen atoms in total. The Balaban J connectivity index is 2.05. The van der Waals surface area contributed by atoms with E-state index in [4.69, 9.17) is 4.74 Å². The van der Waals surface area contributed by atoms with E-state index in [1.807, 2.05) is 30.3 Å². The molecule has 0 saturated heterocycles. The van der Waals surface area contributed by atoms with Crippen molar-refractivity contribution in [3.05, 3.63) is 35.9 Å². The van der Waals surface area contributed by atoms with Gasteiger partial charge in [0.15, 0.2) is 0 Å². The molecule has 20 heavy (non-hydrogen) atoms. The van der Waals surface area contributed by atoms with Crippen LogP contribution in [0.25, 0.3) is 0 Å². The average molecular weight is 272 g/mol. The van der Waals surface area contributed by atoms with Crippen molar-refractivity contribution >= 4 is 0 Å². The van der Waals surface area contributed by atoms with Crippen LogP contribution < -0.4 is 5.32 Å². The second kappa shape index (κ2) is 6.88. The predicted molar refractivity (Wildman–Crippen MR) is 80.2 cm³/mol. The summed E-state index contributed by atoms with van der Waals surface area (Å²) in [7, 11) is 0. The summed E-state index contributed by atoms with van der Waals surface area (Å²) in [5.41, 5.74) is 0.432. The number of nitrogens with zero attached hydrogens (tertiary/aromatic N) is 1. The van der Waals surface area contributed by atoms with Gasteiger partial charge in [0.05, 0.1) is 6.07 Å². The molecule has 2 rings (SSSR count). The third-order valence-electron chi connectivity index (χ3n) is 3.56. The number of rotatable bonds is 8. The molecule has 1 N–H and O–H groups in total. The van der Waals surface area contributed by atoms with E-state index in [2.05, 4.69) is 25.2 Å². The first-order valence-corrected chi connectivity index (χ1v) is 7.48. The van der Waals surface area contributed by atoms with Crippen molar-refractivity contribution in [2.24, 2.45) is 5.92 Å². The highest BCUT2D eigenvalue weighted by molar-refractivity contribution is 5.32. The van der Waals surface area contributed by atoms with Gasteiger partial charge >= 0.3 is 0 Å². The number of nitrogens with one attached hydrogen (secondary N) is 1. The molecule has 3 heteroatoms. The van der Waals surface area contributed by atoms with E-state index in [1.165, 1.54) is 12.8 Å². The zero-order valence-corrected chi connectivity index (χ0v) is 12.4. The molecule has 0 spiro atoms. The van der Waals surface area contributed by atoms with E-state index < -0.39 is 5.54 Å². The number of benzene rings is 1. The van der Waals surface area contributed by atoms with Crippen molar-refractivity contribution in [2.45, 2.75) is 44.7 Å². The molecule has 0 heterocycles. The van der Waals surface area contributed by atoms with Gasteiger partial charge in [0.25, 0.3) is 0 Å². The third kappa shape index (κ3) is 4.06. The van der Waals surface area contributed by atoms with E-state index >= 15 is 0 Å². The normalized spacial score (nSPS) is 17.7. The lowest BCUT2D eigenvalue weighted by atomic mass is 9.88. The summed E-state index contributed by atoms with van der Waals surface area (Å²) in [6.07, 6.45) is 3.03. The molecule has 0 amide bonds. The van der Waals surface area contributed by atoms with Gasteiger partial charge in [0, 0.05) is 25.7 Å². The van der Waals surface area contributed by atoms with Crippen molar-refractivity contribution in [1.29, 1.82) is 5.26 Å². The SMILES string of the molecule is CC(C)COCCC(C#N)(NC1CC1)c1ccccc1. The van der Waals surface area contributed by atoms with E-state index in [0.29, 0.717) is 25.0 Å².